The Morgan fingerprint density at radius 3 is 2.67 bits per heavy atom. The van der Waals surface area contributed by atoms with Crippen molar-refractivity contribution in [2.45, 2.75) is 38.6 Å². The summed E-state index contributed by atoms with van der Waals surface area (Å²) in [4.78, 5) is 14.0. The Morgan fingerprint density at radius 2 is 2.05 bits per heavy atom. The number of carbonyl (C=O) groups is 1. The van der Waals surface area contributed by atoms with Gasteiger partial charge in [0, 0.05) is 25.6 Å². The van der Waals surface area contributed by atoms with E-state index in [0.717, 1.165) is 31.6 Å². The highest BCUT2D eigenvalue weighted by atomic mass is 16.5. The first-order valence-corrected chi connectivity index (χ1v) is 7.78. The molecule has 4 heteroatoms. The lowest BCUT2D eigenvalue weighted by Gasteiger charge is -2.36. The van der Waals surface area contributed by atoms with Crippen LogP contribution in [0.2, 0.25) is 0 Å². The van der Waals surface area contributed by atoms with Crippen molar-refractivity contribution in [3.63, 3.8) is 0 Å². The number of carbonyl (C=O) groups excluding carboxylic acids is 1. The summed E-state index contributed by atoms with van der Waals surface area (Å²) < 4.78 is 5.18. The summed E-state index contributed by atoms with van der Waals surface area (Å²) in [6.07, 6.45) is 3.48. The number of ether oxygens (including phenoxy) is 1. The summed E-state index contributed by atoms with van der Waals surface area (Å²) in [6.45, 7) is 3.58. The molecule has 0 spiro atoms. The molecule has 0 aliphatic carbocycles. The van der Waals surface area contributed by atoms with Crippen LogP contribution in [0.25, 0.3) is 0 Å². The van der Waals surface area contributed by atoms with Crippen LogP contribution in [-0.2, 0) is 11.2 Å². The minimum absolute atomic E-state index is 0.0998. The van der Waals surface area contributed by atoms with Gasteiger partial charge < -0.3 is 15.4 Å². The van der Waals surface area contributed by atoms with E-state index in [1.54, 1.807) is 7.11 Å². The van der Waals surface area contributed by atoms with E-state index in [2.05, 4.69) is 12.1 Å². The van der Waals surface area contributed by atoms with Gasteiger partial charge in [0.05, 0.1) is 7.11 Å². The molecule has 1 amide bonds. The molecule has 2 atom stereocenters. The number of nitrogens with zero attached hydrogens (tertiary/aromatic N) is 1. The molecular formula is C17H26N2O2. The monoisotopic (exact) mass is 290 g/mol. The predicted molar refractivity (Wildman–Crippen MR) is 84.3 cm³/mol. The fourth-order valence-corrected chi connectivity index (χ4v) is 3.06. The molecule has 0 aromatic heterocycles. The van der Waals surface area contributed by atoms with E-state index in [4.69, 9.17) is 10.5 Å². The number of benzene rings is 1. The minimum Gasteiger partial charge on any atom is -0.497 e. The largest absolute Gasteiger partial charge is 0.497 e. The third-order valence-corrected chi connectivity index (χ3v) is 4.07. The molecule has 2 rings (SSSR count). The van der Waals surface area contributed by atoms with Crippen LogP contribution in [0.15, 0.2) is 24.3 Å². The van der Waals surface area contributed by atoms with Crippen molar-refractivity contribution in [1.82, 2.24) is 4.90 Å². The van der Waals surface area contributed by atoms with Gasteiger partial charge in [0.1, 0.15) is 5.75 Å². The molecule has 1 fully saturated rings. The number of methoxy groups -OCH3 is 1. The first-order valence-electron chi connectivity index (χ1n) is 7.78. The average molecular weight is 290 g/mol. The van der Waals surface area contributed by atoms with Gasteiger partial charge in [-0.1, -0.05) is 19.1 Å². The van der Waals surface area contributed by atoms with E-state index in [1.807, 2.05) is 24.0 Å². The Morgan fingerprint density at radius 1 is 1.33 bits per heavy atom. The van der Waals surface area contributed by atoms with Crippen LogP contribution in [-0.4, -0.2) is 37.0 Å². The minimum atomic E-state index is 0.0998. The van der Waals surface area contributed by atoms with Crippen molar-refractivity contribution in [3.8, 4) is 5.75 Å². The lowest BCUT2D eigenvalue weighted by molar-refractivity contribution is -0.133. The fraction of sp³-hybridized carbons (Fsp3) is 0.588. The summed E-state index contributed by atoms with van der Waals surface area (Å²) in [7, 11) is 1.67. The topological polar surface area (TPSA) is 55.6 Å². The second-order valence-electron chi connectivity index (χ2n) is 5.96. The Kier molecular flexibility index (Phi) is 5.62. The van der Waals surface area contributed by atoms with Crippen LogP contribution in [0.3, 0.4) is 0 Å². The van der Waals surface area contributed by atoms with E-state index >= 15 is 0 Å². The lowest BCUT2D eigenvalue weighted by Crippen LogP contribution is -2.49. The lowest BCUT2D eigenvalue weighted by atomic mass is 9.89. The molecule has 1 aromatic rings. The van der Waals surface area contributed by atoms with Gasteiger partial charge in [-0.25, -0.2) is 0 Å². The zero-order valence-corrected chi connectivity index (χ0v) is 13.0. The second kappa shape index (κ2) is 7.46. The highest BCUT2D eigenvalue weighted by molar-refractivity contribution is 5.76. The standard InChI is InChI=1S/C17H26N2O2/c1-3-4-17(20)19-11-14(10-15(18)12-19)9-13-5-7-16(21-2)8-6-13/h5-8,14-15H,3-4,9-12,18H2,1-2H3. The van der Waals surface area contributed by atoms with Crippen molar-refractivity contribution in [2.24, 2.45) is 11.7 Å². The molecule has 1 saturated heterocycles. The van der Waals surface area contributed by atoms with Crippen LogP contribution >= 0.6 is 0 Å². The zero-order chi connectivity index (χ0) is 15.2. The van der Waals surface area contributed by atoms with E-state index in [1.165, 1.54) is 5.56 Å². The van der Waals surface area contributed by atoms with E-state index in [0.29, 0.717) is 18.9 Å². The number of hydrogen-bond donors (Lipinski definition) is 1. The van der Waals surface area contributed by atoms with Crippen molar-refractivity contribution < 1.29 is 9.53 Å². The zero-order valence-electron chi connectivity index (χ0n) is 13.0. The van der Waals surface area contributed by atoms with Crippen LogP contribution in [0.1, 0.15) is 31.7 Å². The maximum absolute atomic E-state index is 12.1. The normalized spacial score (nSPS) is 22.1. The molecule has 0 bridgehead atoms. The van der Waals surface area contributed by atoms with Crippen molar-refractivity contribution >= 4 is 5.91 Å². The van der Waals surface area contributed by atoms with Crippen LogP contribution in [0.5, 0.6) is 5.75 Å². The molecule has 1 aliphatic rings. The Balaban J connectivity index is 1.96. The molecule has 2 N–H and O–H groups in total. The molecule has 1 aromatic carbocycles. The number of piperidine rings is 1. The van der Waals surface area contributed by atoms with E-state index in [9.17, 15) is 4.79 Å². The Labute approximate surface area is 127 Å². The third-order valence-electron chi connectivity index (χ3n) is 4.07. The first-order chi connectivity index (χ1) is 10.1. The van der Waals surface area contributed by atoms with Gasteiger partial charge in [-0.15, -0.1) is 0 Å². The molecule has 116 valence electrons. The molecule has 21 heavy (non-hydrogen) atoms. The Bertz CT molecular complexity index is 458. The molecule has 1 heterocycles. The molecular weight excluding hydrogens is 264 g/mol. The van der Waals surface area contributed by atoms with Crippen LogP contribution in [0, 0.1) is 5.92 Å². The highest BCUT2D eigenvalue weighted by Gasteiger charge is 2.27. The van der Waals surface area contributed by atoms with Crippen LogP contribution < -0.4 is 10.5 Å². The average Bonchev–Trinajstić information content (AvgIpc) is 2.47. The SMILES string of the molecule is CCCC(=O)N1CC(N)CC(Cc2ccc(OC)cc2)C1. The molecule has 0 saturated carbocycles. The summed E-state index contributed by atoms with van der Waals surface area (Å²) in [5.41, 5.74) is 7.41. The van der Waals surface area contributed by atoms with Crippen molar-refractivity contribution in [2.75, 3.05) is 20.2 Å². The summed E-state index contributed by atoms with van der Waals surface area (Å²) in [5.74, 6) is 1.56. The van der Waals surface area contributed by atoms with Gasteiger partial charge in [0.15, 0.2) is 0 Å². The van der Waals surface area contributed by atoms with Crippen molar-refractivity contribution in [1.29, 1.82) is 0 Å². The van der Waals surface area contributed by atoms with Crippen molar-refractivity contribution in [3.05, 3.63) is 29.8 Å². The molecule has 0 radical (unpaired) electrons. The summed E-state index contributed by atoms with van der Waals surface area (Å²) >= 11 is 0. The second-order valence-corrected chi connectivity index (χ2v) is 5.96. The summed E-state index contributed by atoms with van der Waals surface area (Å²) in [6, 6.07) is 8.26. The first kappa shape index (κ1) is 15.8. The maximum Gasteiger partial charge on any atom is 0.222 e. The van der Waals surface area contributed by atoms with Gasteiger partial charge in [-0.05, 0) is 42.9 Å². The molecule has 4 nitrogen and oxygen atoms in total. The number of hydrogen-bond acceptors (Lipinski definition) is 3. The number of rotatable bonds is 5. The van der Waals surface area contributed by atoms with Gasteiger partial charge in [-0.3, -0.25) is 4.79 Å². The smallest absolute Gasteiger partial charge is 0.222 e. The third kappa shape index (κ3) is 4.46. The summed E-state index contributed by atoms with van der Waals surface area (Å²) in [5, 5.41) is 0. The fourth-order valence-electron chi connectivity index (χ4n) is 3.06. The van der Waals surface area contributed by atoms with Gasteiger partial charge in [-0.2, -0.15) is 0 Å². The number of amides is 1. The maximum atomic E-state index is 12.1. The van der Waals surface area contributed by atoms with E-state index < -0.39 is 0 Å². The van der Waals surface area contributed by atoms with Gasteiger partial charge in [0.2, 0.25) is 5.91 Å². The van der Waals surface area contributed by atoms with E-state index in [-0.39, 0.29) is 11.9 Å². The van der Waals surface area contributed by atoms with Crippen LogP contribution in [0.4, 0.5) is 0 Å². The number of likely N-dealkylation sites (tertiary alicyclic amines) is 1. The molecule has 1 aliphatic heterocycles. The quantitative estimate of drug-likeness (QED) is 0.904. The Hall–Kier alpha value is -1.55. The van der Waals surface area contributed by atoms with Gasteiger partial charge >= 0.3 is 0 Å². The number of nitrogens with two attached hydrogens (primary N) is 1. The predicted octanol–water partition coefficient (Wildman–Crippen LogP) is 2.21. The molecule has 2 unspecified atom stereocenters. The van der Waals surface area contributed by atoms with Gasteiger partial charge in [0.25, 0.3) is 0 Å². The highest BCUT2D eigenvalue weighted by Crippen LogP contribution is 2.22.